The Labute approximate surface area is 123 Å². The summed E-state index contributed by atoms with van der Waals surface area (Å²) in [5.41, 5.74) is 0.00689. The number of rotatable bonds is 4. The van der Waals surface area contributed by atoms with Gasteiger partial charge in [0.1, 0.15) is 12.4 Å². The van der Waals surface area contributed by atoms with Crippen LogP contribution in [0.1, 0.15) is 5.56 Å². The molecule has 2 aromatic carbocycles. The minimum absolute atomic E-state index is 0.0168. The SMILES string of the molecule is O=[N+]([O-])c1ccc(Cl)cc1OCc1ccc(Cl)cc1F. The van der Waals surface area contributed by atoms with Crippen molar-refractivity contribution in [3.63, 3.8) is 0 Å². The molecule has 0 N–H and O–H groups in total. The average molecular weight is 316 g/mol. The van der Waals surface area contributed by atoms with Crippen molar-refractivity contribution >= 4 is 28.9 Å². The van der Waals surface area contributed by atoms with Crippen molar-refractivity contribution in [2.24, 2.45) is 0 Å². The van der Waals surface area contributed by atoms with Crippen LogP contribution >= 0.6 is 23.2 Å². The second-order valence-electron chi connectivity index (χ2n) is 3.89. The summed E-state index contributed by atoms with van der Waals surface area (Å²) in [5.74, 6) is -0.556. The van der Waals surface area contributed by atoms with Crippen molar-refractivity contribution in [2.45, 2.75) is 6.61 Å². The Morgan fingerprint density at radius 3 is 2.45 bits per heavy atom. The van der Waals surface area contributed by atoms with Gasteiger partial charge in [-0.2, -0.15) is 0 Å². The molecule has 7 heteroatoms. The Hall–Kier alpha value is -1.85. The maximum atomic E-state index is 13.6. The molecule has 0 unspecified atom stereocenters. The van der Waals surface area contributed by atoms with Crippen molar-refractivity contribution in [1.29, 1.82) is 0 Å². The van der Waals surface area contributed by atoms with Gasteiger partial charge < -0.3 is 4.74 Å². The van der Waals surface area contributed by atoms with Gasteiger partial charge in [0.25, 0.3) is 0 Å². The number of hydrogen-bond donors (Lipinski definition) is 0. The third kappa shape index (κ3) is 3.37. The monoisotopic (exact) mass is 315 g/mol. The van der Waals surface area contributed by atoms with E-state index in [9.17, 15) is 14.5 Å². The van der Waals surface area contributed by atoms with E-state index in [2.05, 4.69) is 0 Å². The Bertz CT molecular complexity index is 664. The number of benzene rings is 2. The molecule has 0 radical (unpaired) electrons. The lowest BCUT2D eigenvalue weighted by atomic mass is 10.2. The molecule has 0 bridgehead atoms. The zero-order valence-electron chi connectivity index (χ0n) is 9.98. The number of halogens is 3. The molecule has 0 amide bonds. The second kappa shape index (κ2) is 6.07. The lowest BCUT2D eigenvalue weighted by molar-refractivity contribution is -0.385. The first-order valence-electron chi connectivity index (χ1n) is 5.48. The van der Waals surface area contributed by atoms with Crippen LogP contribution in [0.2, 0.25) is 10.0 Å². The summed E-state index contributed by atoms with van der Waals surface area (Å²) in [4.78, 5) is 10.3. The van der Waals surface area contributed by atoms with Gasteiger partial charge in [-0.25, -0.2) is 4.39 Å². The molecular weight excluding hydrogens is 308 g/mol. The van der Waals surface area contributed by atoms with Crippen LogP contribution in [0, 0.1) is 15.9 Å². The molecule has 0 aromatic heterocycles. The Kier molecular flexibility index (Phi) is 4.42. The first-order chi connectivity index (χ1) is 9.47. The van der Waals surface area contributed by atoms with Crippen molar-refractivity contribution in [3.05, 3.63) is 67.9 Å². The summed E-state index contributed by atoms with van der Waals surface area (Å²) in [6.07, 6.45) is 0. The van der Waals surface area contributed by atoms with Crippen molar-refractivity contribution < 1.29 is 14.1 Å². The molecule has 0 fully saturated rings. The first kappa shape index (κ1) is 14.6. The van der Waals surface area contributed by atoms with Crippen LogP contribution in [0.3, 0.4) is 0 Å². The van der Waals surface area contributed by atoms with E-state index >= 15 is 0 Å². The minimum atomic E-state index is -0.593. The van der Waals surface area contributed by atoms with E-state index in [-0.39, 0.29) is 28.6 Å². The number of ether oxygens (including phenoxy) is 1. The quantitative estimate of drug-likeness (QED) is 0.611. The summed E-state index contributed by atoms with van der Waals surface area (Å²) >= 11 is 11.4. The maximum Gasteiger partial charge on any atom is 0.311 e. The predicted molar refractivity (Wildman–Crippen MR) is 73.8 cm³/mol. The highest BCUT2D eigenvalue weighted by Gasteiger charge is 2.16. The molecule has 0 saturated heterocycles. The van der Waals surface area contributed by atoms with Crippen molar-refractivity contribution in [2.75, 3.05) is 0 Å². The molecule has 104 valence electrons. The summed E-state index contributed by atoms with van der Waals surface area (Å²) in [5, 5.41) is 11.4. The van der Waals surface area contributed by atoms with Gasteiger partial charge in [0.2, 0.25) is 0 Å². The van der Waals surface area contributed by atoms with Gasteiger partial charge >= 0.3 is 5.69 Å². The summed E-state index contributed by atoms with van der Waals surface area (Å²) in [6.45, 7) is -0.163. The summed E-state index contributed by atoms with van der Waals surface area (Å²) in [7, 11) is 0. The smallest absolute Gasteiger partial charge is 0.311 e. The predicted octanol–water partition coefficient (Wildman–Crippen LogP) is 4.62. The van der Waals surface area contributed by atoms with Gasteiger partial charge in [0, 0.05) is 27.7 Å². The van der Waals surface area contributed by atoms with Gasteiger partial charge in [0.05, 0.1) is 4.92 Å². The van der Waals surface area contributed by atoms with Gasteiger partial charge in [0.15, 0.2) is 5.75 Å². The van der Waals surface area contributed by atoms with E-state index in [0.717, 1.165) is 6.07 Å². The lowest BCUT2D eigenvalue weighted by Crippen LogP contribution is -2.01. The van der Waals surface area contributed by atoms with Crippen LogP contribution in [-0.4, -0.2) is 4.92 Å². The van der Waals surface area contributed by atoms with Crippen molar-refractivity contribution in [1.82, 2.24) is 0 Å². The van der Waals surface area contributed by atoms with Crippen LogP contribution in [0.15, 0.2) is 36.4 Å². The van der Waals surface area contributed by atoms with Gasteiger partial charge in [-0.15, -0.1) is 0 Å². The number of nitro groups is 1. The van der Waals surface area contributed by atoms with Crippen molar-refractivity contribution in [3.8, 4) is 5.75 Å². The molecule has 0 aliphatic carbocycles. The van der Waals surface area contributed by atoms with E-state index in [0.29, 0.717) is 5.02 Å². The van der Waals surface area contributed by atoms with Crippen LogP contribution in [-0.2, 0) is 6.61 Å². The maximum absolute atomic E-state index is 13.6. The molecule has 0 spiro atoms. The van der Waals surface area contributed by atoms with E-state index in [1.807, 2.05) is 0 Å². The highest BCUT2D eigenvalue weighted by Crippen LogP contribution is 2.30. The molecule has 0 atom stereocenters. The third-order valence-electron chi connectivity index (χ3n) is 2.52. The third-order valence-corrected chi connectivity index (χ3v) is 2.99. The van der Waals surface area contributed by atoms with Crippen LogP contribution < -0.4 is 4.74 Å². The highest BCUT2D eigenvalue weighted by molar-refractivity contribution is 6.31. The molecule has 0 aliphatic rings. The van der Waals surface area contributed by atoms with Gasteiger partial charge in [-0.1, -0.05) is 29.3 Å². The Balaban J connectivity index is 2.22. The molecular formula is C13H8Cl2FNO3. The number of nitrogens with zero attached hydrogens (tertiary/aromatic N) is 1. The summed E-state index contributed by atoms with van der Waals surface area (Å²) in [6, 6.07) is 8.04. The minimum Gasteiger partial charge on any atom is -0.482 e. The van der Waals surface area contributed by atoms with E-state index in [4.69, 9.17) is 27.9 Å². The standard InChI is InChI=1S/C13H8Cl2FNO3/c14-9-2-1-8(11(16)5-9)7-20-13-6-10(15)3-4-12(13)17(18)19/h1-6H,7H2. The fourth-order valence-corrected chi connectivity index (χ4v) is 1.87. The van der Waals surface area contributed by atoms with E-state index in [1.54, 1.807) is 0 Å². The molecule has 0 saturated carbocycles. The lowest BCUT2D eigenvalue weighted by Gasteiger charge is -2.08. The molecule has 2 aromatic rings. The average Bonchev–Trinajstić information content (AvgIpc) is 2.37. The van der Waals surface area contributed by atoms with Gasteiger partial charge in [-0.3, -0.25) is 10.1 Å². The normalized spacial score (nSPS) is 10.3. The van der Waals surface area contributed by atoms with Crippen LogP contribution in [0.5, 0.6) is 5.75 Å². The largest absolute Gasteiger partial charge is 0.482 e. The number of hydrogen-bond acceptors (Lipinski definition) is 3. The Morgan fingerprint density at radius 2 is 1.80 bits per heavy atom. The summed E-state index contributed by atoms with van der Waals surface area (Å²) < 4.78 is 18.8. The highest BCUT2D eigenvalue weighted by atomic mass is 35.5. The zero-order chi connectivity index (χ0) is 14.7. The zero-order valence-corrected chi connectivity index (χ0v) is 11.5. The van der Waals surface area contributed by atoms with Crippen LogP contribution in [0.4, 0.5) is 10.1 Å². The fraction of sp³-hybridized carbons (Fsp3) is 0.0769. The molecule has 0 aliphatic heterocycles. The first-order valence-corrected chi connectivity index (χ1v) is 6.23. The number of nitro benzene ring substituents is 1. The topological polar surface area (TPSA) is 52.4 Å². The molecule has 20 heavy (non-hydrogen) atoms. The fourth-order valence-electron chi connectivity index (χ4n) is 1.55. The second-order valence-corrected chi connectivity index (χ2v) is 4.77. The molecule has 2 rings (SSSR count). The van der Waals surface area contributed by atoms with E-state index in [1.165, 1.54) is 30.3 Å². The Morgan fingerprint density at radius 1 is 1.15 bits per heavy atom. The van der Waals surface area contributed by atoms with Crippen LogP contribution in [0.25, 0.3) is 0 Å². The molecule has 0 heterocycles. The van der Waals surface area contributed by atoms with E-state index < -0.39 is 10.7 Å². The van der Waals surface area contributed by atoms with Gasteiger partial charge in [-0.05, 0) is 18.2 Å². The molecule has 4 nitrogen and oxygen atoms in total.